The van der Waals surface area contributed by atoms with E-state index in [1.165, 1.54) is 0 Å². The van der Waals surface area contributed by atoms with Crippen molar-refractivity contribution in [2.24, 2.45) is 0 Å². The van der Waals surface area contributed by atoms with E-state index in [0.29, 0.717) is 0 Å². The minimum Gasteiger partial charge on any atom is -0.493 e. The molecule has 0 radical (unpaired) electrons. The molecule has 0 heterocycles. The lowest BCUT2D eigenvalue weighted by atomic mass is 9.96. The van der Waals surface area contributed by atoms with E-state index in [9.17, 15) is 0 Å². The number of hydrogen-bond acceptors (Lipinski definition) is 2. The molecular weight excluding hydrogens is 219 g/mol. The molecule has 0 bridgehead atoms. The van der Waals surface area contributed by atoms with Crippen LogP contribution in [0, 0.1) is 0 Å². The van der Waals surface area contributed by atoms with Gasteiger partial charge in [-0.05, 0) is 12.1 Å². The van der Waals surface area contributed by atoms with Gasteiger partial charge < -0.3 is 9.47 Å². The monoisotopic (exact) mass is 228 g/mol. The molecule has 0 fully saturated rings. The van der Waals surface area contributed by atoms with E-state index in [4.69, 9.17) is 9.47 Å². The highest BCUT2D eigenvalue weighted by Crippen LogP contribution is 2.27. The zero-order chi connectivity index (χ0) is 9.14. The van der Waals surface area contributed by atoms with Gasteiger partial charge in [0.1, 0.15) is 7.85 Å². The van der Waals surface area contributed by atoms with Crippen molar-refractivity contribution in [2.75, 3.05) is 14.2 Å². The number of benzene rings is 1. The van der Waals surface area contributed by atoms with E-state index in [1.807, 2.05) is 20.0 Å². The molecule has 0 amide bonds. The second-order valence-corrected chi connectivity index (χ2v) is 3.31. The Balaban J connectivity index is 3.19. The fraction of sp³-hybridized carbons (Fsp3) is 0.250. The Kier molecular flexibility index (Phi) is 3.03. The van der Waals surface area contributed by atoms with Crippen LogP contribution >= 0.6 is 15.9 Å². The molecule has 1 aromatic carbocycles. The molecule has 2 nitrogen and oxygen atoms in total. The van der Waals surface area contributed by atoms with Crippen molar-refractivity contribution in [1.29, 1.82) is 0 Å². The SMILES string of the molecule is Bc1cc(OC)c(OC)cc1Br. The van der Waals surface area contributed by atoms with E-state index in [2.05, 4.69) is 15.9 Å². The Morgan fingerprint density at radius 2 is 1.67 bits per heavy atom. The first-order chi connectivity index (χ1) is 5.69. The summed E-state index contributed by atoms with van der Waals surface area (Å²) in [6.07, 6.45) is 0. The standard InChI is InChI=1S/C8H10BBrO2/c1-11-7-3-5(9)6(10)4-8(7)12-2/h3-4H,9H2,1-2H3. The molecule has 1 aromatic rings. The van der Waals surface area contributed by atoms with Crippen molar-refractivity contribution in [3.8, 4) is 11.5 Å². The van der Waals surface area contributed by atoms with Crippen LogP contribution in [0.3, 0.4) is 0 Å². The zero-order valence-electron chi connectivity index (χ0n) is 7.35. The normalized spacial score (nSPS) is 9.58. The van der Waals surface area contributed by atoms with Gasteiger partial charge in [0.05, 0.1) is 14.2 Å². The predicted octanol–water partition coefficient (Wildman–Crippen LogP) is 0.725. The third-order valence-corrected chi connectivity index (χ3v) is 2.52. The maximum Gasteiger partial charge on any atom is 0.161 e. The van der Waals surface area contributed by atoms with Crippen molar-refractivity contribution in [2.45, 2.75) is 0 Å². The molecule has 0 spiro atoms. The van der Waals surface area contributed by atoms with Crippen LogP contribution in [0.15, 0.2) is 16.6 Å². The molecule has 64 valence electrons. The van der Waals surface area contributed by atoms with Crippen molar-refractivity contribution >= 4 is 29.2 Å². The van der Waals surface area contributed by atoms with Gasteiger partial charge in [0.15, 0.2) is 11.5 Å². The van der Waals surface area contributed by atoms with E-state index in [1.54, 1.807) is 14.2 Å². The Hall–Kier alpha value is -0.635. The van der Waals surface area contributed by atoms with Crippen LogP contribution < -0.4 is 14.9 Å². The summed E-state index contributed by atoms with van der Waals surface area (Å²) in [4.78, 5) is 0. The van der Waals surface area contributed by atoms with Crippen LogP contribution in [0.2, 0.25) is 0 Å². The lowest BCUT2D eigenvalue weighted by Gasteiger charge is -2.09. The quantitative estimate of drug-likeness (QED) is 0.695. The molecule has 0 aliphatic carbocycles. The lowest BCUT2D eigenvalue weighted by molar-refractivity contribution is 0.355. The number of halogens is 1. The van der Waals surface area contributed by atoms with Crippen LogP contribution in [-0.4, -0.2) is 22.1 Å². The van der Waals surface area contributed by atoms with Gasteiger partial charge in [-0.15, -0.1) is 0 Å². The molecule has 1 rings (SSSR count). The summed E-state index contributed by atoms with van der Waals surface area (Å²) >= 11 is 3.41. The van der Waals surface area contributed by atoms with Crippen LogP contribution in [-0.2, 0) is 0 Å². The molecule has 0 aliphatic heterocycles. The minimum atomic E-state index is 0.745. The summed E-state index contributed by atoms with van der Waals surface area (Å²) in [7, 11) is 5.26. The van der Waals surface area contributed by atoms with Gasteiger partial charge >= 0.3 is 0 Å². The molecule has 4 heteroatoms. The molecule has 0 aromatic heterocycles. The molecule has 12 heavy (non-hydrogen) atoms. The van der Waals surface area contributed by atoms with Crippen molar-refractivity contribution in [1.82, 2.24) is 0 Å². The molecule has 0 aliphatic rings. The highest BCUT2D eigenvalue weighted by Gasteiger charge is 2.05. The van der Waals surface area contributed by atoms with E-state index in [-0.39, 0.29) is 0 Å². The summed E-state index contributed by atoms with van der Waals surface area (Å²) < 4.78 is 11.3. The Morgan fingerprint density at radius 3 is 2.17 bits per heavy atom. The maximum atomic E-state index is 5.13. The van der Waals surface area contributed by atoms with Gasteiger partial charge in [0, 0.05) is 4.47 Å². The summed E-state index contributed by atoms with van der Waals surface area (Å²) in [6, 6.07) is 3.83. The predicted molar refractivity (Wildman–Crippen MR) is 55.4 cm³/mol. The van der Waals surface area contributed by atoms with Gasteiger partial charge in [-0.2, -0.15) is 0 Å². The first kappa shape index (κ1) is 9.45. The molecule has 0 atom stereocenters. The van der Waals surface area contributed by atoms with E-state index < -0.39 is 0 Å². The number of methoxy groups -OCH3 is 2. The molecule has 0 N–H and O–H groups in total. The maximum absolute atomic E-state index is 5.13. The van der Waals surface area contributed by atoms with Gasteiger partial charge in [0.25, 0.3) is 0 Å². The number of rotatable bonds is 2. The van der Waals surface area contributed by atoms with Crippen molar-refractivity contribution in [3.63, 3.8) is 0 Å². The largest absolute Gasteiger partial charge is 0.493 e. The fourth-order valence-electron chi connectivity index (χ4n) is 0.956. The minimum absolute atomic E-state index is 0.745. The summed E-state index contributed by atoms with van der Waals surface area (Å²) in [6.45, 7) is 0. The van der Waals surface area contributed by atoms with Gasteiger partial charge in [0.2, 0.25) is 0 Å². The van der Waals surface area contributed by atoms with E-state index in [0.717, 1.165) is 21.4 Å². The molecule has 0 saturated carbocycles. The van der Waals surface area contributed by atoms with Gasteiger partial charge in [-0.3, -0.25) is 0 Å². The second-order valence-electron chi connectivity index (χ2n) is 2.46. The first-order valence-electron chi connectivity index (χ1n) is 3.57. The highest BCUT2D eigenvalue weighted by atomic mass is 79.9. The zero-order valence-corrected chi connectivity index (χ0v) is 8.94. The lowest BCUT2D eigenvalue weighted by Crippen LogP contribution is -2.05. The average molecular weight is 229 g/mol. The Labute approximate surface area is 81.4 Å². The number of hydrogen-bond donors (Lipinski definition) is 0. The average Bonchev–Trinajstić information content (AvgIpc) is 2.09. The Bertz CT molecular complexity index is 260. The second kappa shape index (κ2) is 3.85. The van der Waals surface area contributed by atoms with Crippen LogP contribution in [0.1, 0.15) is 0 Å². The van der Waals surface area contributed by atoms with Gasteiger partial charge in [-0.25, -0.2) is 0 Å². The van der Waals surface area contributed by atoms with Crippen LogP contribution in [0.5, 0.6) is 11.5 Å². The van der Waals surface area contributed by atoms with Gasteiger partial charge in [-0.1, -0.05) is 21.4 Å². The van der Waals surface area contributed by atoms with Crippen LogP contribution in [0.4, 0.5) is 0 Å². The number of ether oxygens (including phenoxy) is 2. The van der Waals surface area contributed by atoms with E-state index >= 15 is 0 Å². The van der Waals surface area contributed by atoms with Crippen LogP contribution in [0.25, 0.3) is 0 Å². The summed E-state index contributed by atoms with van der Waals surface area (Å²) in [5, 5.41) is 0. The first-order valence-corrected chi connectivity index (χ1v) is 4.36. The Morgan fingerprint density at radius 1 is 1.17 bits per heavy atom. The van der Waals surface area contributed by atoms with Crippen molar-refractivity contribution < 1.29 is 9.47 Å². The third kappa shape index (κ3) is 1.75. The fourth-order valence-corrected chi connectivity index (χ4v) is 1.28. The topological polar surface area (TPSA) is 18.5 Å². The molecular formula is C8H10BBrO2. The smallest absolute Gasteiger partial charge is 0.161 e. The summed E-state index contributed by atoms with van der Waals surface area (Å²) in [5.74, 6) is 1.51. The highest BCUT2D eigenvalue weighted by molar-refractivity contribution is 9.10. The molecule has 0 saturated heterocycles. The molecule has 0 unspecified atom stereocenters. The van der Waals surface area contributed by atoms with Crippen molar-refractivity contribution in [3.05, 3.63) is 16.6 Å². The third-order valence-electron chi connectivity index (χ3n) is 1.66. The summed E-state index contributed by atoms with van der Waals surface area (Å²) in [5.41, 5.74) is 1.13.